The summed E-state index contributed by atoms with van der Waals surface area (Å²) in [6, 6.07) is 16.3. The van der Waals surface area contributed by atoms with Gasteiger partial charge in [-0.25, -0.2) is 9.97 Å². The van der Waals surface area contributed by atoms with E-state index in [9.17, 15) is 4.79 Å². The highest BCUT2D eigenvalue weighted by atomic mass is 32.1. The van der Waals surface area contributed by atoms with Crippen LogP contribution in [0, 0.1) is 0 Å². The fraction of sp³-hybridized carbons (Fsp3) is 0.318. The predicted molar refractivity (Wildman–Crippen MR) is 116 cm³/mol. The summed E-state index contributed by atoms with van der Waals surface area (Å²) in [6.07, 6.45) is 2.34. The lowest BCUT2D eigenvalue weighted by Gasteiger charge is -2.34. The molecule has 6 nitrogen and oxygen atoms in total. The van der Waals surface area contributed by atoms with Gasteiger partial charge in [-0.3, -0.25) is 9.69 Å². The van der Waals surface area contributed by atoms with Gasteiger partial charge in [-0.2, -0.15) is 0 Å². The zero-order valence-electron chi connectivity index (χ0n) is 16.2. The molecule has 0 radical (unpaired) electrons. The van der Waals surface area contributed by atoms with Crippen molar-refractivity contribution in [2.24, 2.45) is 0 Å². The molecule has 29 heavy (non-hydrogen) atoms. The SMILES string of the molecule is O=C(CCn1cnc2ccccc21)N1CCN(Cc2nc3ccccc3s2)CC1. The van der Waals surface area contributed by atoms with Crippen molar-refractivity contribution in [2.75, 3.05) is 26.2 Å². The van der Waals surface area contributed by atoms with Crippen molar-refractivity contribution in [1.82, 2.24) is 24.3 Å². The Morgan fingerprint density at radius 2 is 1.72 bits per heavy atom. The van der Waals surface area contributed by atoms with Crippen LogP contribution in [0.2, 0.25) is 0 Å². The average molecular weight is 406 g/mol. The maximum atomic E-state index is 12.7. The minimum Gasteiger partial charge on any atom is -0.340 e. The summed E-state index contributed by atoms with van der Waals surface area (Å²) in [7, 11) is 0. The van der Waals surface area contributed by atoms with E-state index in [0.29, 0.717) is 13.0 Å². The molecule has 2 aromatic heterocycles. The van der Waals surface area contributed by atoms with Gasteiger partial charge in [0.1, 0.15) is 5.01 Å². The third-order valence-corrected chi connectivity index (χ3v) is 6.54. The van der Waals surface area contributed by atoms with Crippen molar-refractivity contribution in [3.8, 4) is 0 Å². The number of fused-ring (bicyclic) bond motifs is 2. The van der Waals surface area contributed by atoms with Gasteiger partial charge in [-0.15, -0.1) is 11.3 Å². The molecule has 4 aromatic rings. The summed E-state index contributed by atoms with van der Waals surface area (Å²) in [6.45, 7) is 4.90. The van der Waals surface area contributed by atoms with Gasteiger partial charge in [0, 0.05) is 39.1 Å². The lowest BCUT2D eigenvalue weighted by molar-refractivity contribution is -0.133. The summed E-state index contributed by atoms with van der Waals surface area (Å²) in [4.78, 5) is 26.2. The molecular weight excluding hydrogens is 382 g/mol. The molecule has 1 aliphatic rings. The Morgan fingerprint density at radius 1 is 0.966 bits per heavy atom. The lowest BCUT2D eigenvalue weighted by Crippen LogP contribution is -2.48. The van der Waals surface area contributed by atoms with Crippen LogP contribution in [0.5, 0.6) is 0 Å². The first-order chi connectivity index (χ1) is 14.3. The van der Waals surface area contributed by atoms with E-state index in [4.69, 9.17) is 4.98 Å². The normalized spacial score (nSPS) is 15.4. The van der Waals surface area contributed by atoms with E-state index in [1.165, 1.54) is 4.70 Å². The second kappa shape index (κ2) is 7.93. The van der Waals surface area contributed by atoms with Crippen molar-refractivity contribution < 1.29 is 4.79 Å². The van der Waals surface area contributed by atoms with Gasteiger partial charge in [-0.05, 0) is 24.3 Å². The second-order valence-electron chi connectivity index (χ2n) is 7.41. The maximum Gasteiger partial charge on any atom is 0.224 e. The largest absolute Gasteiger partial charge is 0.340 e. The molecule has 3 heterocycles. The molecule has 1 fully saturated rings. The minimum absolute atomic E-state index is 0.224. The molecule has 148 valence electrons. The second-order valence-corrected chi connectivity index (χ2v) is 8.52. The number of carbonyl (C=O) groups is 1. The number of rotatable bonds is 5. The monoisotopic (exact) mass is 405 g/mol. The highest BCUT2D eigenvalue weighted by Gasteiger charge is 2.22. The Labute approximate surface area is 173 Å². The Morgan fingerprint density at radius 3 is 2.55 bits per heavy atom. The summed E-state index contributed by atoms with van der Waals surface area (Å²) < 4.78 is 3.31. The molecule has 0 atom stereocenters. The molecular formula is C22H23N5OS. The molecule has 0 bridgehead atoms. The topological polar surface area (TPSA) is 54.3 Å². The van der Waals surface area contributed by atoms with Gasteiger partial charge in [0.2, 0.25) is 5.91 Å². The summed E-state index contributed by atoms with van der Waals surface area (Å²) >= 11 is 1.76. The zero-order chi connectivity index (χ0) is 19.6. The number of benzene rings is 2. The smallest absolute Gasteiger partial charge is 0.224 e. The van der Waals surface area contributed by atoms with Gasteiger partial charge in [0.05, 0.1) is 34.1 Å². The molecule has 0 saturated carbocycles. The number of nitrogens with zero attached hydrogens (tertiary/aromatic N) is 5. The Hall–Kier alpha value is -2.77. The molecule has 0 aliphatic carbocycles. The van der Waals surface area contributed by atoms with Crippen LogP contribution in [0.25, 0.3) is 21.3 Å². The van der Waals surface area contributed by atoms with Crippen LogP contribution in [0.3, 0.4) is 0 Å². The molecule has 1 saturated heterocycles. The van der Waals surface area contributed by atoms with E-state index in [1.54, 1.807) is 11.3 Å². The van der Waals surface area contributed by atoms with Crippen molar-refractivity contribution in [1.29, 1.82) is 0 Å². The summed E-state index contributed by atoms with van der Waals surface area (Å²) in [5.74, 6) is 0.224. The number of aromatic nitrogens is 3. The van der Waals surface area contributed by atoms with Crippen LogP contribution < -0.4 is 0 Å². The van der Waals surface area contributed by atoms with Crippen LogP contribution >= 0.6 is 11.3 Å². The van der Waals surface area contributed by atoms with Crippen LogP contribution in [-0.2, 0) is 17.9 Å². The van der Waals surface area contributed by atoms with E-state index in [2.05, 4.69) is 32.7 Å². The standard InChI is InChI=1S/C22H23N5OS/c28-22(9-10-27-16-23-17-5-1-3-7-19(17)27)26-13-11-25(12-14-26)15-21-24-18-6-2-4-8-20(18)29-21/h1-8,16H,9-15H2. The van der Waals surface area contributed by atoms with Crippen molar-refractivity contribution in [3.05, 3.63) is 59.9 Å². The molecule has 0 spiro atoms. The first-order valence-electron chi connectivity index (χ1n) is 10.0. The number of carbonyl (C=O) groups excluding carboxylic acids is 1. The van der Waals surface area contributed by atoms with Crippen LogP contribution in [0.4, 0.5) is 0 Å². The number of hydrogen-bond donors (Lipinski definition) is 0. The van der Waals surface area contributed by atoms with Crippen LogP contribution in [0.15, 0.2) is 54.9 Å². The van der Waals surface area contributed by atoms with Crippen molar-refractivity contribution in [2.45, 2.75) is 19.5 Å². The van der Waals surface area contributed by atoms with E-state index >= 15 is 0 Å². The molecule has 1 amide bonds. The molecule has 7 heteroatoms. The van der Waals surface area contributed by atoms with E-state index in [1.807, 2.05) is 41.6 Å². The van der Waals surface area contributed by atoms with Gasteiger partial charge in [0.25, 0.3) is 0 Å². The number of hydrogen-bond acceptors (Lipinski definition) is 5. The lowest BCUT2D eigenvalue weighted by atomic mass is 10.2. The fourth-order valence-corrected chi connectivity index (χ4v) is 4.91. The molecule has 5 rings (SSSR count). The number of piperazine rings is 1. The molecule has 0 N–H and O–H groups in total. The number of thiazole rings is 1. The van der Waals surface area contributed by atoms with E-state index in [0.717, 1.165) is 54.3 Å². The third kappa shape index (κ3) is 3.88. The first-order valence-corrected chi connectivity index (χ1v) is 10.8. The summed E-state index contributed by atoms with van der Waals surface area (Å²) in [5, 5.41) is 1.15. The Balaban J connectivity index is 1.13. The van der Waals surface area contributed by atoms with Crippen molar-refractivity contribution in [3.63, 3.8) is 0 Å². The minimum atomic E-state index is 0.224. The Bertz CT molecular complexity index is 1110. The highest BCUT2D eigenvalue weighted by Crippen LogP contribution is 2.23. The van der Waals surface area contributed by atoms with E-state index in [-0.39, 0.29) is 5.91 Å². The first kappa shape index (κ1) is 18.3. The highest BCUT2D eigenvalue weighted by molar-refractivity contribution is 7.18. The predicted octanol–water partition coefficient (Wildman–Crippen LogP) is 3.38. The van der Waals surface area contributed by atoms with Gasteiger partial charge in [0.15, 0.2) is 0 Å². The zero-order valence-corrected chi connectivity index (χ0v) is 17.0. The van der Waals surface area contributed by atoms with Crippen LogP contribution in [-0.4, -0.2) is 56.4 Å². The molecule has 1 aliphatic heterocycles. The van der Waals surface area contributed by atoms with Gasteiger partial charge in [-0.1, -0.05) is 24.3 Å². The number of amides is 1. The fourth-order valence-electron chi connectivity index (χ4n) is 3.90. The van der Waals surface area contributed by atoms with Gasteiger partial charge < -0.3 is 9.47 Å². The van der Waals surface area contributed by atoms with E-state index < -0.39 is 0 Å². The quantitative estimate of drug-likeness (QED) is 0.511. The number of imidazole rings is 1. The number of para-hydroxylation sites is 3. The number of aryl methyl sites for hydroxylation is 1. The van der Waals surface area contributed by atoms with Crippen LogP contribution in [0.1, 0.15) is 11.4 Å². The molecule has 0 unspecified atom stereocenters. The van der Waals surface area contributed by atoms with Gasteiger partial charge >= 0.3 is 0 Å². The van der Waals surface area contributed by atoms with Crippen molar-refractivity contribution >= 4 is 38.5 Å². The maximum absolute atomic E-state index is 12.7. The molecule has 2 aromatic carbocycles. The summed E-state index contributed by atoms with van der Waals surface area (Å²) in [5.41, 5.74) is 3.14. The third-order valence-electron chi connectivity index (χ3n) is 5.52. The average Bonchev–Trinajstić information content (AvgIpc) is 3.36. The Kier molecular flexibility index (Phi) is 4.99.